The summed E-state index contributed by atoms with van der Waals surface area (Å²) < 4.78 is 6.20. The summed E-state index contributed by atoms with van der Waals surface area (Å²) in [5.41, 5.74) is 0. The van der Waals surface area contributed by atoms with Crippen molar-refractivity contribution in [2.75, 3.05) is 19.7 Å². The van der Waals surface area contributed by atoms with Gasteiger partial charge in [0.25, 0.3) is 0 Å². The first-order chi connectivity index (χ1) is 7.24. The molecule has 1 unspecified atom stereocenters. The highest BCUT2D eigenvalue weighted by atomic mass is 28.4. The van der Waals surface area contributed by atoms with Crippen LogP contribution in [0.25, 0.3) is 0 Å². The van der Waals surface area contributed by atoms with Gasteiger partial charge in [0, 0.05) is 19.2 Å². The molecule has 1 fully saturated rings. The molecule has 0 bridgehead atoms. The summed E-state index contributed by atoms with van der Waals surface area (Å²) in [6.07, 6.45) is 2.72. The quantitative estimate of drug-likeness (QED) is 0.701. The van der Waals surface area contributed by atoms with E-state index in [9.17, 15) is 0 Å². The first kappa shape index (κ1) is 14.2. The van der Waals surface area contributed by atoms with E-state index < -0.39 is 8.32 Å². The van der Waals surface area contributed by atoms with Crippen molar-refractivity contribution < 1.29 is 4.43 Å². The van der Waals surface area contributed by atoms with Crippen molar-refractivity contribution in [3.05, 3.63) is 0 Å². The molecule has 1 saturated heterocycles. The first-order valence-corrected chi connectivity index (χ1v) is 9.53. The maximum absolute atomic E-state index is 6.20. The summed E-state index contributed by atoms with van der Waals surface area (Å²) in [4.78, 5) is 2.56. The fourth-order valence-electron chi connectivity index (χ4n) is 1.96. The van der Waals surface area contributed by atoms with E-state index in [2.05, 4.69) is 45.7 Å². The minimum atomic E-state index is -1.53. The van der Waals surface area contributed by atoms with Crippen molar-refractivity contribution in [1.82, 2.24) is 4.90 Å². The molecule has 0 spiro atoms. The summed E-state index contributed by atoms with van der Waals surface area (Å²) in [5, 5.41) is 0.337. The standard InChI is InChI=1S/C13H29NOSi/c1-12-8-7-9-14(12)10-11-15-16(5,6)13(2,3)4/h12H,7-11H2,1-6H3. The number of rotatable bonds is 4. The maximum Gasteiger partial charge on any atom is 0.192 e. The summed E-state index contributed by atoms with van der Waals surface area (Å²) in [6.45, 7) is 17.2. The Morgan fingerprint density at radius 3 is 2.38 bits per heavy atom. The lowest BCUT2D eigenvalue weighted by Gasteiger charge is -2.36. The largest absolute Gasteiger partial charge is 0.416 e. The maximum atomic E-state index is 6.20. The third kappa shape index (κ3) is 3.57. The zero-order chi connectivity index (χ0) is 12.4. The molecule has 0 radical (unpaired) electrons. The van der Waals surface area contributed by atoms with E-state index in [1.807, 2.05) is 0 Å². The number of hydrogen-bond acceptors (Lipinski definition) is 2. The Balaban J connectivity index is 2.30. The monoisotopic (exact) mass is 243 g/mol. The SMILES string of the molecule is CC1CCCN1CCO[Si](C)(C)C(C)(C)C. The Bertz CT molecular complexity index is 222. The second kappa shape index (κ2) is 5.19. The van der Waals surface area contributed by atoms with Crippen LogP contribution in [0.5, 0.6) is 0 Å². The molecule has 1 atom stereocenters. The lowest BCUT2D eigenvalue weighted by molar-refractivity contribution is 0.194. The predicted molar refractivity (Wildman–Crippen MR) is 73.4 cm³/mol. The van der Waals surface area contributed by atoms with E-state index in [1.165, 1.54) is 19.4 Å². The van der Waals surface area contributed by atoms with Crippen molar-refractivity contribution in [2.45, 2.75) is 64.7 Å². The van der Waals surface area contributed by atoms with Crippen molar-refractivity contribution in [3.63, 3.8) is 0 Å². The van der Waals surface area contributed by atoms with Crippen LogP contribution in [-0.2, 0) is 4.43 Å². The van der Waals surface area contributed by atoms with Crippen LogP contribution in [0.15, 0.2) is 0 Å². The Morgan fingerprint density at radius 1 is 1.31 bits per heavy atom. The van der Waals surface area contributed by atoms with Crippen LogP contribution < -0.4 is 0 Å². The zero-order valence-corrected chi connectivity index (χ0v) is 13.0. The first-order valence-electron chi connectivity index (χ1n) is 6.62. The molecule has 0 aromatic rings. The minimum Gasteiger partial charge on any atom is -0.416 e. The Labute approximate surface area is 102 Å². The molecule has 16 heavy (non-hydrogen) atoms. The number of hydrogen-bond donors (Lipinski definition) is 0. The summed E-state index contributed by atoms with van der Waals surface area (Å²) in [5.74, 6) is 0. The number of likely N-dealkylation sites (tertiary alicyclic amines) is 1. The number of nitrogens with zero attached hydrogens (tertiary/aromatic N) is 1. The van der Waals surface area contributed by atoms with Gasteiger partial charge >= 0.3 is 0 Å². The highest BCUT2D eigenvalue weighted by Crippen LogP contribution is 2.36. The van der Waals surface area contributed by atoms with Crippen molar-refractivity contribution >= 4 is 8.32 Å². The van der Waals surface area contributed by atoms with Gasteiger partial charge in [-0.1, -0.05) is 20.8 Å². The fourth-order valence-corrected chi connectivity index (χ4v) is 2.99. The Hall–Kier alpha value is 0.137. The van der Waals surface area contributed by atoms with Gasteiger partial charge in [-0.25, -0.2) is 0 Å². The predicted octanol–water partition coefficient (Wildman–Crippen LogP) is 3.49. The average molecular weight is 243 g/mol. The lowest BCUT2D eigenvalue weighted by atomic mass is 10.2. The van der Waals surface area contributed by atoms with Gasteiger partial charge in [0.15, 0.2) is 8.32 Å². The Kier molecular flexibility index (Phi) is 4.61. The molecule has 1 heterocycles. The molecule has 0 saturated carbocycles. The Morgan fingerprint density at radius 2 is 1.94 bits per heavy atom. The van der Waals surface area contributed by atoms with E-state index in [0.29, 0.717) is 5.04 Å². The molecule has 1 rings (SSSR count). The van der Waals surface area contributed by atoms with Gasteiger partial charge in [-0.15, -0.1) is 0 Å². The highest BCUT2D eigenvalue weighted by molar-refractivity contribution is 6.74. The van der Waals surface area contributed by atoms with E-state index in [4.69, 9.17) is 4.43 Å². The second-order valence-corrected chi connectivity index (χ2v) is 11.4. The van der Waals surface area contributed by atoms with Gasteiger partial charge < -0.3 is 4.43 Å². The molecule has 0 aliphatic carbocycles. The molecule has 0 amide bonds. The molecular formula is C13H29NOSi. The highest BCUT2D eigenvalue weighted by Gasteiger charge is 2.37. The normalized spacial score (nSPS) is 24.0. The van der Waals surface area contributed by atoms with Crippen molar-refractivity contribution in [3.8, 4) is 0 Å². The van der Waals surface area contributed by atoms with Crippen LogP contribution in [0.2, 0.25) is 18.1 Å². The fraction of sp³-hybridized carbons (Fsp3) is 1.00. The van der Waals surface area contributed by atoms with E-state index in [-0.39, 0.29) is 0 Å². The van der Waals surface area contributed by atoms with Gasteiger partial charge in [-0.05, 0) is 44.4 Å². The molecule has 1 aliphatic rings. The van der Waals surface area contributed by atoms with Gasteiger partial charge in [-0.3, -0.25) is 4.90 Å². The van der Waals surface area contributed by atoms with E-state index >= 15 is 0 Å². The van der Waals surface area contributed by atoms with Crippen molar-refractivity contribution in [2.24, 2.45) is 0 Å². The third-order valence-electron chi connectivity index (χ3n) is 4.34. The third-order valence-corrected chi connectivity index (χ3v) is 8.88. The zero-order valence-electron chi connectivity index (χ0n) is 12.0. The van der Waals surface area contributed by atoms with Crippen LogP contribution in [0, 0.1) is 0 Å². The van der Waals surface area contributed by atoms with Crippen LogP contribution in [0.3, 0.4) is 0 Å². The molecule has 2 nitrogen and oxygen atoms in total. The molecule has 1 aliphatic heterocycles. The summed E-state index contributed by atoms with van der Waals surface area (Å²) >= 11 is 0. The molecule has 3 heteroatoms. The molecule has 96 valence electrons. The van der Waals surface area contributed by atoms with E-state index in [0.717, 1.165) is 19.2 Å². The molecule has 0 N–H and O–H groups in total. The van der Waals surface area contributed by atoms with Gasteiger partial charge in [-0.2, -0.15) is 0 Å². The van der Waals surface area contributed by atoms with Crippen molar-refractivity contribution in [1.29, 1.82) is 0 Å². The molecule has 0 aromatic carbocycles. The smallest absolute Gasteiger partial charge is 0.192 e. The van der Waals surface area contributed by atoms with E-state index in [1.54, 1.807) is 0 Å². The van der Waals surface area contributed by atoms with Crippen LogP contribution in [-0.4, -0.2) is 39.0 Å². The van der Waals surface area contributed by atoms with Gasteiger partial charge in [0.2, 0.25) is 0 Å². The van der Waals surface area contributed by atoms with Crippen LogP contribution >= 0.6 is 0 Å². The van der Waals surface area contributed by atoms with Crippen LogP contribution in [0.4, 0.5) is 0 Å². The van der Waals surface area contributed by atoms with Gasteiger partial charge in [0.1, 0.15) is 0 Å². The molecule has 0 aromatic heterocycles. The summed E-state index contributed by atoms with van der Waals surface area (Å²) in [6, 6.07) is 0.767. The lowest BCUT2D eigenvalue weighted by Crippen LogP contribution is -2.43. The summed E-state index contributed by atoms with van der Waals surface area (Å²) in [7, 11) is -1.53. The topological polar surface area (TPSA) is 12.5 Å². The van der Waals surface area contributed by atoms with Crippen LogP contribution in [0.1, 0.15) is 40.5 Å². The second-order valence-electron chi connectivity index (χ2n) is 6.64. The van der Waals surface area contributed by atoms with Gasteiger partial charge in [0.05, 0.1) is 0 Å². The average Bonchev–Trinajstić information content (AvgIpc) is 2.49. The molecular weight excluding hydrogens is 214 g/mol. The minimum absolute atomic E-state index is 0.337.